The summed E-state index contributed by atoms with van der Waals surface area (Å²) in [4.78, 5) is 13.1. The summed E-state index contributed by atoms with van der Waals surface area (Å²) in [5.74, 6) is -0.362. The molecule has 2 N–H and O–H groups in total. The van der Waals surface area contributed by atoms with Crippen molar-refractivity contribution in [1.82, 2.24) is 5.43 Å². The Hall–Kier alpha value is -3.81. The Bertz CT molecular complexity index is 1270. The Labute approximate surface area is 211 Å². The summed E-state index contributed by atoms with van der Waals surface area (Å²) in [5, 5.41) is 15.5. The third-order valence-electron chi connectivity index (χ3n) is 5.35. The van der Waals surface area contributed by atoms with Crippen LogP contribution >= 0.6 is 15.9 Å². The third-order valence-corrected chi connectivity index (χ3v) is 5.97. The van der Waals surface area contributed by atoms with Gasteiger partial charge in [-0.3, -0.25) is 4.79 Å². The molecular weight excluding hydrogens is 511 g/mol. The molecule has 0 atom stereocenters. The lowest BCUT2D eigenvalue weighted by Gasteiger charge is -2.27. The van der Waals surface area contributed by atoms with E-state index in [0.29, 0.717) is 33.5 Å². The highest BCUT2D eigenvalue weighted by atomic mass is 79.9. The van der Waals surface area contributed by atoms with Crippen molar-refractivity contribution in [3.63, 3.8) is 0 Å². The molecule has 35 heavy (non-hydrogen) atoms. The number of hydrogen-bond donors (Lipinski definition) is 2. The SMILES string of the molecule is O=C(N/N=C\c1ccc(OCc2ccc(F)cc2)c(Br)c1)C(O)(c1ccccc1)c1ccccc1. The van der Waals surface area contributed by atoms with Crippen LogP contribution in [0.25, 0.3) is 0 Å². The van der Waals surface area contributed by atoms with Crippen molar-refractivity contribution in [2.75, 3.05) is 0 Å². The molecule has 176 valence electrons. The second-order valence-corrected chi connectivity index (χ2v) is 8.60. The Morgan fingerprint density at radius 2 is 1.54 bits per heavy atom. The van der Waals surface area contributed by atoms with Gasteiger partial charge in [0.05, 0.1) is 10.7 Å². The average molecular weight is 533 g/mol. The van der Waals surface area contributed by atoms with E-state index in [9.17, 15) is 14.3 Å². The van der Waals surface area contributed by atoms with Crippen molar-refractivity contribution in [1.29, 1.82) is 0 Å². The molecule has 0 saturated carbocycles. The fourth-order valence-electron chi connectivity index (χ4n) is 3.49. The van der Waals surface area contributed by atoms with Gasteiger partial charge >= 0.3 is 0 Å². The molecule has 4 rings (SSSR count). The number of hydrazone groups is 1. The second kappa shape index (κ2) is 11.1. The van der Waals surface area contributed by atoms with Crippen LogP contribution in [0.2, 0.25) is 0 Å². The summed E-state index contributed by atoms with van der Waals surface area (Å²) < 4.78 is 19.5. The number of amides is 1. The Kier molecular flexibility index (Phi) is 7.70. The molecule has 4 aromatic carbocycles. The van der Waals surface area contributed by atoms with Crippen LogP contribution in [-0.4, -0.2) is 17.2 Å². The molecule has 0 aliphatic rings. The van der Waals surface area contributed by atoms with Crippen LogP contribution in [0.1, 0.15) is 22.3 Å². The van der Waals surface area contributed by atoms with Gasteiger partial charge in [-0.2, -0.15) is 5.10 Å². The Balaban J connectivity index is 1.45. The normalized spacial score (nSPS) is 11.4. The number of ether oxygens (including phenoxy) is 1. The smallest absolute Gasteiger partial charge is 0.281 e. The fourth-order valence-corrected chi connectivity index (χ4v) is 4.00. The monoisotopic (exact) mass is 532 g/mol. The van der Waals surface area contributed by atoms with Crippen LogP contribution < -0.4 is 10.2 Å². The largest absolute Gasteiger partial charge is 0.488 e. The molecule has 0 spiro atoms. The minimum Gasteiger partial charge on any atom is -0.488 e. The molecule has 0 radical (unpaired) electrons. The van der Waals surface area contributed by atoms with E-state index >= 15 is 0 Å². The zero-order chi connectivity index (χ0) is 24.7. The zero-order valence-electron chi connectivity index (χ0n) is 18.6. The van der Waals surface area contributed by atoms with E-state index in [0.717, 1.165) is 5.56 Å². The van der Waals surface area contributed by atoms with Gasteiger partial charge in [-0.25, -0.2) is 9.82 Å². The van der Waals surface area contributed by atoms with Gasteiger partial charge in [-0.1, -0.05) is 72.8 Å². The predicted molar refractivity (Wildman–Crippen MR) is 136 cm³/mol. The van der Waals surface area contributed by atoms with Crippen LogP contribution in [0.5, 0.6) is 5.75 Å². The number of hydrogen-bond acceptors (Lipinski definition) is 4. The number of nitrogens with one attached hydrogen (secondary N) is 1. The highest BCUT2D eigenvalue weighted by Crippen LogP contribution is 2.30. The van der Waals surface area contributed by atoms with E-state index in [1.165, 1.54) is 18.3 Å². The van der Waals surface area contributed by atoms with E-state index in [1.54, 1.807) is 78.9 Å². The summed E-state index contributed by atoms with van der Waals surface area (Å²) >= 11 is 3.47. The maximum Gasteiger partial charge on any atom is 0.281 e. The van der Waals surface area contributed by atoms with Crippen LogP contribution in [-0.2, 0) is 17.0 Å². The van der Waals surface area contributed by atoms with Crippen LogP contribution in [0, 0.1) is 5.82 Å². The first-order chi connectivity index (χ1) is 17.0. The van der Waals surface area contributed by atoms with Crippen molar-refractivity contribution >= 4 is 28.1 Å². The maximum absolute atomic E-state index is 13.1. The molecular formula is C28H22BrFN2O3. The summed E-state index contributed by atoms with van der Waals surface area (Å²) in [6, 6.07) is 28.9. The van der Waals surface area contributed by atoms with Gasteiger partial charge in [-0.15, -0.1) is 0 Å². The highest BCUT2D eigenvalue weighted by molar-refractivity contribution is 9.10. The Morgan fingerprint density at radius 3 is 2.11 bits per heavy atom. The topological polar surface area (TPSA) is 70.9 Å². The summed E-state index contributed by atoms with van der Waals surface area (Å²) in [6.45, 7) is 0.292. The first-order valence-electron chi connectivity index (χ1n) is 10.8. The minimum absolute atomic E-state index is 0.292. The molecule has 0 fully saturated rings. The van der Waals surface area contributed by atoms with Crippen LogP contribution in [0.15, 0.2) is 113 Å². The maximum atomic E-state index is 13.1. The number of carbonyl (C=O) groups excluding carboxylic acids is 1. The summed E-state index contributed by atoms with van der Waals surface area (Å²) in [6.07, 6.45) is 1.48. The number of rotatable bonds is 8. The lowest BCUT2D eigenvalue weighted by atomic mass is 9.85. The molecule has 0 heterocycles. The van der Waals surface area contributed by atoms with Crippen molar-refractivity contribution in [2.24, 2.45) is 5.10 Å². The molecule has 4 aromatic rings. The molecule has 0 saturated heterocycles. The third kappa shape index (κ3) is 5.82. The van der Waals surface area contributed by atoms with Crippen LogP contribution in [0.3, 0.4) is 0 Å². The van der Waals surface area contributed by atoms with Crippen molar-refractivity contribution in [2.45, 2.75) is 12.2 Å². The van der Waals surface area contributed by atoms with Gasteiger partial charge in [0, 0.05) is 0 Å². The van der Waals surface area contributed by atoms with Gasteiger partial charge < -0.3 is 9.84 Å². The van der Waals surface area contributed by atoms with Crippen molar-refractivity contribution in [3.8, 4) is 5.75 Å². The van der Waals surface area contributed by atoms with Crippen molar-refractivity contribution < 1.29 is 19.0 Å². The molecule has 0 aliphatic carbocycles. The zero-order valence-corrected chi connectivity index (χ0v) is 20.2. The molecule has 0 unspecified atom stereocenters. The van der Waals surface area contributed by atoms with E-state index < -0.39 is 11.5 Å². The lowest BCUT2D eigenvalue weighted by Crippen LogP contribution is -2.43. The first kappa shape index (κ1) is 24.3. The summed E-state index contributed by atoms with van der Waals surface area (Å²) in [7, 11) is 0. The first-order valence-corrected chi connectivity index (χ1v) is 11.6. The van der Waals surface area contributed by atoms with E-state index in [4.69, 9.17) is 4.74 Å². The second-order valence-electron chi connectivity index (χ2n) is 7.75. The molecule has 0 bridgehead atoms. The van der Waals surface area contributed by atoms with Crippen molar-refractivity contribution in [3.05, 3.63) is 136 Å². The number of nitrogens with zero attached hydrogens (tertiary/aromatic N) is 1. The molecule has 1 amide bonds. The molecule has 0 aromatic heterocycles. The number of halogens is 2. The summed E-state index contributed by atoms with van der Waals surface area (Å²) in [5.41, 5.74) is 2.97. The predicted octanol–water partition coefficient (Wildman–Crippen LogP) is 5.55. The average Bonchev–Trinajstić information content (AvgIpc) is 2.89. The molecule has 7 heteroatoms. The lowest BCUT2D eigenvalue weighted by molar-refractivity contribution is -0.136. The highest BCUT2D eigenvalue weighted by Gasteiger charge is 2.39. The van der Waals surface area contributed by atoms with Crippen LogP contribution in [0.4, 0.5) is 4.39 Å². The van der Waals surface area contributed by atoms with E-state index in [2.05, 4.69) is 26.5 Å². The standard InChI is InChI=1S/C28H22BrFN2O3/c29-25-17-21(13-16-26(25)35-19-20-11-14-24(30)15-12-20)18-31-32-27(33)28(34,22-7-3-1-4-8-22)23-9-5-2-6-10-23/h1-18,34H,19H2,(H,32,33)/b31-18-. The minimum atomic E-state index is -1.90. The number of aliphatic hydroxyl groups is 1. The van der Waals surface area contributed by atoms with Gasteiger partial charge in [-0.05, 0) is 68.5 Å². The Morgan fingerprint density at radius 1 is 0.943 bits per heavy atom. The van der Waals surface area contributed by atoms with Gasteiger partial charge in [0.25, 0.3) is 5.91 Å². The molecule has 0 aliphatic heterocycles. The number of carbonyl (C=O) groups is 1. The quantitative estimate of drug-likeness (QED) is 0.231. The van der Waals surface area contributed by atoms with E-state index in [1.807, 2.05) is 12.1 Å². The van der Waals surface area contributed by atoms with Gasteiger partial charge in [0.1, 0.15) is 18.2 Å². The van der Waals surface area contributed by atoms with Gasteiger partial charge in [0.15, 0.2) is 5.60 Å². The number of benzene rings is 4. The van der Waals surface area contributed by atoms with E-state index in [-0.39, 0.29) is 5.82 Å². The van der Waals surface area contributed by atoms with Gasteiger partial charge in [0.2, 0.25) is 0 Å². The molecule has 5 nitrogen and oxygen atoms in total. The fraction of sp³-hybridized carbons (Fsp3) is 0.0714.